The number of hydrogen-bond acceptors (Lipinski definition) is 3. The van der Waals surface area contributed by atoms with Crippen molar-refractivity contribution in [1.29, 1.82) is 0 Å². The van der Waals surface area contributed by atoms with E-state index in [9.17, 15) is 4.79 Å². The number of nitrogens with one attached hydrogen (secondary N) is 2. The molecule has 1 aromatic carbocycles. The van der Waals surface area contributed by atoms with Crippen molar-refractivity contribution in [3.8, 4) is 5.75 Å². The molecule has 0 saturated carbocycles. The van der Waals surface area contributed by atoms with Crippen LogP contribution in [0.4, 0.5) is 0 Å². The highest BCUT2D eigenvalue weighted by atomic mass is 35.5. The maximum Gasteiger partial charge on any atom is 0.257 e. The SMILES string of the molecule is Cc1cc(OCC(=O)NCC2(C)CCNCC2)ccc1Cl.Cl. The van der Waals surface area contributed by atoms with Crippen LogP contribution in [0.1, 0.15) is 25.3 Å². The monoisotopic (exact) mass is 346 g/mol. The van der Waals surface area contributed by atoms with E-state index >= 15 is 0 Å². The molecule has 1 aliphatic heterocycles. The van der Waals surface area contributed by atoms with Crippen molar-refractivity contribution in [2.75, 3.05) is 26.2 Å². The lowest BCUT2D eigenvalue weighted by atomic mass is 9.81. The summed E-state index contributed by atoms with van der Waals surface area (Å²) in [7, 11) is 0. The molecule has 0 bridgehead atoms. The fourth-order valence-electron chi connectivity index (χ4n) is 2.43. The van der Waals surface area contributed by atoms with E-state index in [2.05, 4.69) is 17.6 Å². The Labute approximate surface area is 143 Å². The minimum Gasteiger partial charge on any atom is -0.484 e. The van der Waals surface area contributed by atoms with E-state index in [4.69, 9.17) is 16.3 Å². The average Bonchev–Trinajstić information content (AvgIpc) is 2.47. The number of ether oxygens (including phenoxy) is 1. The third-order valence-electron chi connectivity index (χ3n) is 4.02. The van der Waals surface area contributed by atoms with Crippen LogP contribution >= 0.6 is 24.0 Å². The van der Waals surface area contributed by atoms with Crippen molar-refractivity contribution < 1.29 is 9.53 Å². The Morgan fingerprint density at radius 3 is 2.73 bits per heavy atom. The van der Waals surface area contributed by atoms with E-state index in [0.29, 0.717) is 17.3 Å². The van der Waals surface area contributed by atoms with Crippen LogP contribution in [0.15, 0.2) is 18.2 Å². The second-order valence-corrected chi connectivity index (χ2v) is 6.44. The summed E-state index contributed by atoms with van der Waals surface area (Å²) in [6.07, 6.45) is 2.18. The lowest BCUT2D eigenvalue weighted by Crippen LogP contribution is -2.43. The highest BCUT2D eigenvalue weighted by molar-refractivity contribution is 6.31. The molecule has 1 amide bonds. The van der Waals surface area contributed by atoms with E-state index in [1.165, 1.54) is 0 Å². The molecule has 6 heteroatoms. The summed E-state index contributed by atoms with van der Waals surface area (Å²) in [5, 5.41) is 7.01. The number of carbonyl (C=O) groups excluding carboxylic acids is 1. The Balaban J connectivity index is 0.00000242. The number of hydrogen-bond donors (Lipinski definition) is 2. The van der Waals surface area contributed by atoms with E-state index in [0.717, 1.165) is 31.5 Å². The van der Waals surface area contributed by atoms with E-state index in [-0.39, 0.29) is 30.3 Å². The van der Waals surface area contributed by atoms with Crippen molar-refractivity contribution in [3.63, 3.8) is 0 Å². The number of carbonyl (C=O) groups is 1. The largest absolute Gasteiger partial charge is 0.484 e. The zero-order valence-corrected chi connectivity index (χ0v) is 14.6. The molecule has 0 atom stereocenters. The molecular formula is C16H24Cl2N2O2. The molecule has 0 radical (unpaired) electrons. The predicted octanol–water partition coefficient (Wildman–Crippen LogP) is 2.95. The van der Waals surface area contributed by atoms with Gasteiger partial charge in [-0.2, -0.15) is 0 Å². The molecular weight excluding hydrogens is 323 g/mol. The minimum absolute atomic E-state index is 0. The van der Waals surface area contributed by atoms with Crippen LogP contribution in [0.3, 0.4) is 0 Å². The first-order valence-corrected chi connectivity index (χ1v) is 7.73. The van der Waals surface area contributed by atoms with Gasteiger partial charge in [0.1, 0.15) is 5.75 Å². The van der Waals surface area contributed by atoms with E-state index in [1.807, 2.05) is 13.0 Å². The minimum atomic E-state index is -0.0811. The Hall–Kier alpha value is -0.970. The molecule has 1 heterocycles. The first-order chi connectivity index (χ1) is 9.98. The quantitative estimate of drug-likeness (QED) is 0.861. The summed E-state index contributed by atoms with van der Waals surface area (Å²) in [6.45, 7) is 6.91. The van der Waals surface area contributed by atoms with Gasteiger partial charge < -0.3 is 15.4 Å². The molecule has 124 valence electrons. The topological polar surface area (TPSA) is 50.4 Å². The molecule has 4 nitrogen and oxygen atoms in total. The van der Waals surface area contributed by atoms with Crippen LogP contribution in [-0.4, -0.2) is 32.1 Å². The van der Waals surface area contributed by atoms with Crippen LogP contribution in [0, 0.1) is 12.3 Å². The molecule has 0 spiro atoms. The van der Waals surface area contributed by atoms with Crippen molar-refractivity contribution in [1.82, 2.24) is 10.6 Å². The molecule has 0 unspecified atom stereocenters. The second-order valence-electron chi connectivity index (χ2n) is 6.04. The molecule has 2 N–H and O–H groups in total. The number of amides is 1. The lowest BCUT2D eigenvalue weighted by molar-refractivity contribution is -0.123. The van der Waals surface area contributed by atoms with Gasteiger partial charge >= 0.3 is 0 Å². The fourth-order valence-corrected chi connectivity index (χ4v) is 2.54. The van der Waals surface area contributed by atoms with Gasteiger partial charge in [-0.3, -0.25) is 4.79 Å². The molecule has 1 fully saturated rings. The van der Waals surface area contributed by atoms with Gasteiger partial charge in [-0.25, -0.2) is 0 Å². The van der Waals surface area contributed by atoms with Crippen molar-refractivity contribution in [2.24, 2.45) is 5.41 Å². The van der Waals surface area contributed by atoms with Gasteiger partial charge in [0.05, 0.1) is 0 Å². The Kier molecular flexibility index (Phi) is 7.46. The first-order valence-electron chi connectivity index (χ1n) is 7.35. The van der Waals surface area contributed by atoms with Gasteiger partial charge in [0.15, 0.2) is 6.61 Å². The summed E-state index contributed by atoms with van der Waals surface area (Å²) < 4.78 is 5.49. The fraction of sp³-hybridized carbons (Fsp3) is 0.562. The smallest absolute Gasteiger partial charge is 0.257 e. The zero-order chi connectivity index (χ0) is 15.3. The van der Waals surface area contributed by atoms with Gasteiger partial charge in [-0.1, -0.05) is 18.5 Å². The predicted molar refractivity (Wildman–Crippen MR) is 92.2 cm³/mol. The third kappa shape index (κ3) is 5.67. The summed E-state index contributed by atoms with van der Waals surface area (Å²) in [5.41, 5.74) is 1.13. The van der Waals surface area contributed by atoms with E-state index in [1.54, 1.807) is 12.1 Å². The van der Waals surface area contributed by atoms with Gasteiger partial charge in [-0.15, -0.1) is 12.4 Å². The van der Waals surface area contributed by atoms with Gasteiger partial charge in [0, 0.05) is 11.6 Å². The van der Waals surface area contributed by atoms with Crippen LogP contribution < -0.4 is 15.4 Å². The van der Waals surface area contributed by atoms with E-state index < -0.39 is 0 Å². The number of piperidine rings is 1. The van der Waals surface area contributed by atoms with Crippen LogP contribution in [0.2, 0.25) is 5.02 Å². The number of rotatable bonds is 5. The Morgan fingerprint density at radius 1 is 1.41 bits per heavy atom. The number of aryl methyl sites for hydroxylation is 1. The number of benzene rings is 1. The summed E-state index contributed by atoms with van der Waals surface area (Å²) in [4.78, 5) is 11.9. The lowest BCUT2D eigenvalue weighted by Gasteiger charge is -2.34. The Bertz CT molecular complexity index is 503. The summed E-state index contributed by atoms with van der Waals surface area (Å²) in [5.74, 6) is 0.586. The van der Waals surface area contributed by atoms with Crippen molar-refractivity contribution in [3.05, 3.63) is 28.8 Å². The highest BCUT2D eigenvalue weighted by Gasteiger charge is 2.26. The van der Waals surface area contributed by atoms with Crippen molar-refractivity contribution >= 4 is 29.9 Å². The molecule has 0 aliphatic carbocycles. The molecule has 22 heavy (non-hydrogen) atoms. The molecule has 1 aliphatic rings. The van der Waals surface area contributed by atoms with Crippen LogP contribution in [-0.2, 0) is 4.79 Å². The molecule has 1 aromatic rings. The van der Waals surface area contributed by atoms with Gasteiger partial charge in [0.2, 0.25) is 0 Å². The summed E-state index contributed by atoms with van der Waals surface area (Å²) in [6, 6.07) is 5.39. The summed E-state index contributed by atoms with van der Waals surface area (Å²) >= 11 is 5.95. The molecule has 0 aromatic heterocycles. The van der Waals surface area contributed by atoms with Crippen LogP contribution in [0.5, 0.6) is 5.75 Å². The average molecular weight is 347 g/mol. The maximum absolute atomic E-state index is 11.9. The van der Waals surface area contributed by atoms with Gasteiger partial charge in [0.25, 0.3) is 5.91 Å². The normalized spacial score (nSPS) is 16.5. The van der Waals surface area contributed by atoms with Gasteiger partial charge in [-0.05, 0) is 62.0 Å². The molecule has 2 rings (SSSR count). The third-order valence-corrected chi connectivity index (χ3v) is 4.45. The first kappa shape index (κ1) is 19.1. The zero-order valence-electron chi connectivity index (χ0n) is 13.1. The number of halogens is 2. The molecule has 1 saturated heterocycles. The maximum atomic E-state index is 11.9. The van der Waals surface area contributed by atoms with Crippen molar-refractivity contribution in [2.45, 2.75) is 26.7 Å². The highest BCUT2D eigenvalue weighted by Crippen LogP contribution is 2.26. The second kappa shape index (κ2) is 8.61. The van der Waals surface area contributed by atoms with Crippen LogP contribution in [0.25, 0.3) is 0 Å². The standard InChI is InChI=1S/C16H23ClN2O2.ClH/c1-12-9-13(3-4-14(12)17)21-10-15(20)19-11-16(2)5-7-18-8-6-16;/h3-4,9,18H,5-8,10-11H2,1-2H3,(H,19,20);1H. The Morgan fingerprint density at radius 2 is 2.09 bits per heavy atom.